The normalized spacial score (nSPS) is 20.8. The summed E-state index contributed by atoms with van der Waals surface area (Å²) >= 11 is 0. The number of nitro benzene ring substituents is 1. The van der Waals surface area contributed by atoms with Gasteiger partial charge in [0.25, 0.3) is 5.69 Å². The van der Waals surface area contributed by atoms with Crippen LogP contribution in [-0.4, -0.2) is 36.0 Å². The quantitative estimate of drug-likeness (QED) is 0.592. The van der Waals surface area contributed by atoms with Gasteiger partial charge in [0, 0.05) is 31.3 Å². The molecule has 0 radical (unpaired) electrons. The Hall–Kier alpha value is -2.66. The summed E-state index contributed by atoms with van der Waals surface area (Å²) in [5, 5.41) is 23.1. The van der Waals surface area contributed by atoms with Crippen LogP contribution in [0.4, 0.5) is 11.4 Å². The van der Waals surface area contributed by atoms with E-state index in [4.69, 9.17) is 5.73 Å². The van der Waals surface area contributed by atoms with Gasteiger partial charge in [-0.25, -0.2) is 0 Å². The van der Waals surface area contributed by atoms with Crippen LogP contribution < -0.4 is 16.0 Å². The van der Waals surface area contributed by atoms with Crippen molar-refractivity contribution in [3.05, 3.63) is 33.9 Å². The molecule has 0 bridgehead atoms. The number of nitro groups is 1. The number of benzene rings is 1. The minimum Gasteiger partial charge on any atom is -0.368 e. The number of nitriles is 1. The molecule has 132 valence electrons. The van der Waals surface area contributed by atoms with Crippen molar-refractivity contribution >= 4 is 17.3 Å². The second-order valence-corrected chi connectivity index (χ2v) is 6.80. The SMILES string of the molecule is N#Cc1cc([N+](=O)[O-])ccc1N1CC[C@H](NC(=O)[C@@H](N)CC2CC2)C1. The molecular weight excluding hydrogens is 322 g/mol. The Morgan fingerprint density at radius 3 is 2.88 bits per heavy atom. The summed E-state index contributed by atoms with van der Waals surface area (Å²) < 4.78 is 0. The number of hydrogen-bond donors (Lipinski definition) is 2. The first-order chi connectivity index (χ1) is 12.0. The Bertz CT molecular complexity index is 725. The number of nitrogens with one attached hydrogen (secondary N) is 1. The first-order valence-electron chi connectivity index (χ1n) is 8.47. The van der Waals surface area contributed by atoms with Crippen LogP contribution in [0.5, 0.6) is 0 Å². The fourth-order valence-electron chi connectivity index (χ4n) is 3.23. The minimum atomic E-state index is -0.515. The Labute approximate surface area is 145 Å². The van der Waals surface area contributed by atoms with E-state index < -0.39 is 11.0 Å². The van der Waals surface area contributed by atoms with Gasteiger partial charge in [-0.05, 0) is 24.8 Å². The number of nitrogens with zero attached hydrogens (tertiary/aromatic N) is 3. The van der Waals surface area contributed by atoms with Crippen LogP contribution in [0.1, 0.15) is 31.2 Å². The molecule has 2 fully saturated rings. The summed E-state index contributed by atoms with van der Waals surface area (Å²) in [5.74, 6) is 0.474. The molecule has 25 heavy (non-hydrogen) atoms. The average Bonchev–Trinajstić information content (AvgIpc) is 3.29. The van der Waals surface area contributed by atoms with E-state index >= 15 is 0 Å². The fourth-order valence-corrected chi connectivity index (χ4v) is 3.23. The number of carbonyl (C=O) groups excluding carboxylic acids is 1. The molecular formula is C17H21N5O3. The van der Waals surface area contributed by atoms with Gasteiger partial charge in [-0.1, -0.05) is 12.8 Å². The zero-order valence-electron chi connectivity index (χ0n) is 13.9. The molecule has 1 aromatic rings. The first-order valence-corrected chi connectivity index (χ1v) is 8.47. The third kappa shape index (κ3) is 4.06. The van der Waals surface area contributed by atoms with Crippen molar-refractivity contribution in [3.63, 3.8) is 0 Å². The maximum atomic E-state index is 12.2. The van der Waals surface area contributed by atoms with Gasteiger partial charge in [-0.2, -0.15) is 5.26 Å². The molecule has 1 heterocycles. The number of hydrogen-bond acceptors (Lipinski definition) is 6. The monoisotopic (exact) mass is 343 g/mol. The zero-order valence-corrected chi connectivity index (χ0v) is 13.9. The fraction of sp³-hybridized carbons (Fsp3) is 0.529. The number of nitrogens with two attached hydrogens (primary N) is 1. The number of anilines is 1. The van der Waals surface area contributed by atoms with Crippen molar-refractivity contribution in [3.8, 4) is 6.07 Å². The Kier molecular flexibility index (Phi) is 4.86. The predicted molar refractivity (Wildman–Crippen MR) is 91.9 cm³/mol. The Morgan fingerprint density at radius 1 is 1.48 bits per heavy atom. The van der Waals surface area contributed by atoms with Crippen molar-refractivity contribution in [2.75, 3.05) is 18.0 Å². The molecule has 8 heteroatoms. The van der Waals surface area contributed by atoms with E-state index in [9.17, 15) is 20.2 Å². The maximum Gasteiger partial charge on any atom is 0.270 e. The molecule has 1 saturated heterocycles. The number of amides is 1. The van der Waals surface area contributed by atoms with Gasteiger partial charge in [-0.15, -0.1) is 0 Å². The molecule has 1 amide bonds. The molecule has 1 aliphatic heterocycles. The molecule has 0 spiro atoms. The van der Waals surface area contributed by atoms with Crippen LogP contribution in [0.15, 0.2) is 18.2 Å². The predicted octanol–water partition coefficient (Wildman–Crippen LogP) is 1.29. The van der Waals surface area contributed by atoms with E-state index in [0.717, 1.165) is 25.7 Å². The molecule has 2 aliphatic rings. The Balaban J connectivity index is 1.61. The highest BCUT2D eigenvalue weighted by Gasteiger charge is 2.30. The smallest absolute Gasteiger partial charge is 0.270 e. The van der Waals surface area contributed by atoms with Crippen molar-refractivity contribution in [1.29, 1.82) is 5.26 Å². The molecule has 3 rings (SSSR count). The second-order valence-electron chi connectivity index (χ2n) is 6.80. The van der Waals surface area contributed by atoms with Crippen LogP contribution in [-0.2, 0) is 4.79 Å². The van der Waals surface area contributed by atoms with Crippen LogP contribution in [0.2, 0.25) is 0 Å². The van der Waals surface area contributed by atoms with Gasteiger partial charge in [0.1, 0.15) is 6.07 Å². The lowest BCUT2D eigenvalue weighted by Gasteiger charge is -2.21. The average molecular weight is 343 g/mol. The van der Waals surface area contributed by atoms with E-state index in [1.807, 2.05) is 11.0 Å². The standard InChI is InChI=1S/C17H21N5O3/c18-9-12-8-14(22(24)25)3-4-16(12)21-6-5-13(10-21)20-17(23)15(19)7-11-1-2-11/h3-4,8,11,13,15H,1-2,5-7,10,19H2,(H,20,23)/t13-,15-/m0/s1. The third-order valence-electron chi connectivity index (χ3n) is 4.81. The lowest BCUT2D eigenvalue weighted by Crippen LogP contribution is -2.46. The lowest BCUT2D eigenvalue weighted by atomic mass is 10.1. The molecule has 0 unspecified atom stereocenters. The molecule has 2 atom stereocenters. The highest BCUT2D eigenvalue weighted by Crippen LogP contribution is 2.33. The highest BCUT2D eigenvalue weighted by atomic mass is 16.6. The van der Waals surface area contributed by atoms with E-state index in [-0.39, 0.29) is 23.2 Å². The summed E-state index contributed by atoms with van der Waals surface area (Å²) in [7, 11) is 0. The van der Waals surface area contributed by atoms with Gasteiger partial charge >= 0.3 is 0 Å². The van der Waals surface area contributed by atoms with Crippen molar-refractivity contribution < 1.29 is 9.72 Å². The second kappa shape index (κ2) is 7.07. The molecule has 1 aliphatic carbocycles. The van der Waals surface area contributed by atoms with Crippen LogP contribution in [0, 0.1) is 27.4 Å². The van der Waals surface area contributed by atoms with Crippen molar-refractivity contribution in [2.24, 2.45) is 11.7 Å². The highest BCUT2D eigenvalue weighted by molar-refractivity contribution is 5.82. The molecule has 1 saturated carbocycles. The molecule has 0 aromatic heterocycles. The summed E-state index contributed by atoms with van der Waals surface area (Å²) in [6, 6.07) is 5.80. The van der Waals surface area contributed by atoms with Crippen molar-refractivity contribution in [2.45, 2.75) is 37.8 Å². The number of non-ortho nitro benzene ring substituents is 1. The minimum absolute atomic E-state index is 0.0283. The summed E-state index contributed by atoms with van der Waals surface area (Å²) in [6.07, 6.45) is 3.82. The van der Waals surface area contributed by atoms with Gasteiger partial charge < -0.3 is 16.0 Å². The van der Waals surface area contributed by atoms with Crippen molar-refractivity contribution in [1.82, 2.24) is 5.32 Å². The number of rotatable bonds is 6. The van der Waals surface area contributed by atoms with E-state index in [2.05, 4.69) is 5.32 Å². The van der Waals surface area contributed by atoms with Crippen LogP contribution in [0.25, 0.3) is 0 Å². The first kappa shape index (κ1) is 17.2. The van der Waals surface area contributed by atoms with E-state index in [0.29, 0.717) is 24.7 Å². The van der Waals surface area contributed by atoms with Gasteiger partial charge in [-0.3, -0.25) is 14.9 Å². The van der Waals surface area contributed by atoms with Gasteiger partial charge in [0.15, 0.2) is 0 Å². The third-order valence-corrected chi connectivity index (χ3v) is 4.81. The Morgan fingerprint density at radius 2 is 2.24 bits per heavy atom. The number of carbonyl (C=O) groups is 1. The molecule has 3 N–H and O–H groups in total. The summed E-state index contributed by atoms with van der Waals surface area (Å²) in [5.41, 5.74) is 6.77. The van der Waals surface area contributed by atoms with E-state index in [1.54, 1.807) is 6.07 Å². The van der Waals surface area contributed by atoms with Gasteiger partial charge in [0.05, 0.1) is 22.2 Å². The molecule has 8 nitrogen and oxygen atoms in total. The summed E-state index contributed by atoms with van der Waals surface area (Å²) in [6.45, 7) is 1.24. The van der Waals surface area contributed by atoms with Crippen LogP contribution in [0.3, 0.4) is 0 Å². The molecule has 1 aromatic carbocycles. The lowest BCUT2D eigenvalue weighted by molar-refractivity contribution is -0.384. The summed E-state index contributed by atoms with van der Waals surface area (Å²) in [4.78, 5) is 24.5. The van der Waals surface area contributed by atoms with Crippen LogP contribution >= 0.6 is 0 Å². The topological polar surface area (TPSA) is 125 Å². The van der Waals surface area contributed by atoms with Gasteiger partial charge in [0.2, 0.25) is 5.91 Å². The van der Waals surface area contributed by atoms with E-state index in [1.165, 1.54) is 12.1 Å². The zero-order chi connectivity index (χ0) is 18.0. The maximum absolute atomic E-state index is 12.2. The largest absolute Gasteiger partial charge is 0.368 e.